The first-order valence-corrected chi connectivity index (χ1v) is 7.87. The van der Waals surface area contributed by atoms with E-state index in [-0.39, 0.29) is 8.76 Å². The maximum atomic E-state index is 12.6. The predicted octanol–water partition coefficient (Wildman–Crippen LogP) is 3.21. The summed E-state index contributed by atoms with van der Waals surface area (Å²) < 4.78 is 0. The molecule has 7 nitrogen and oxygen atoms in total. The number of carbonyl (C=O) groups excluding carboxylic acids is 1. The minimum atomic E-state index is -0.0993. The number of fused-ring (bicyclic) bond motifs is 1. The van der Waals surface area contributed by atoms with E-state index in [1.165, 1.54) is 6.33 Å². The van der Waals surface area contributed by atoms with Crippen LogP contribution in [-0.2, 0) is 0 Å². The molecule has 7 heteroatoms. The Morgan fingerprint density at radius 2 is 2.25 bits per heavy atom. The van der Waals surface area contributed by atoms with Crippen molar-refractivity contribution in [2.75, 3.05) is 13.1 Å². The molecule has 0 saturated carbocycles. The van der Waals surface area contributed by atoms with Gasteiger partial charge in [0.2, 0.25) is 0 Å². The minimum Gasteiger partial charge on any atom is -0.357 e. The van der Waals surface area contributed by atoms with Gasteiger partial charge in [0.1, 0.15) is 17.7 Å². The highest BCUT2D eigenvalue weighted by Crippen LogP contribution is 2.25. The predicted molar refractivity (Wildman–Crippen MR) is 94.3 cm³/mol. The van der Waals surface area contributed by atoms with Crippen molar-refractivity contribution >= 4 is 16.9 Å². The standard InChI is InChI=1S/C17H18N6O.2H2/c1-2-7-23(8-3-5-18)17(24)14-9-12(10-20-14)15-13-4-6-19-16(13)22-11-21-15;;/h4,6,9-11,20H,2-3,7-8H2,1H3,(H,19,21,22);2*1H. The molecule has 126 valence electrons. The molecular formula is C17H22N6O. The molecule has 3 aromatic heterocycles. The second-order valence-corrected chi connectivity index (χ2v) is 5.46. The first kappa shape index (κ1) is 15.7. The van der Waals surface area contributed by atoms with Crippen molar-refractivity contribution in [3.63, 3.8) is 0 Å². The minimum absolute atomic E-state index is 0. The summed E-state index contributed by atoms with van der Waals surface area (Å²) >= 11 is 0. The van der Waals surface area contributed by atoms with E-state index in [4.69, 9.17) is 5.26 Å². The van der Waals surface area contributed by atoms with Gasteiger partial charge in [0.05, 0.1) is 18.2 Å². The fraction of sp³-hybridized carbons (Fsp3) is 0.294. The van der Waals surface area contributed by atoms with E-state index in [1.54, 1.807) is 17.2 Å². The van der Waals surface area contributed by atoms with Crippen LogP contribution >= 0.6 is 0 Å². The molecule has 3 aromatic rings. The van der Waals surface area contributed by atoms with E-state index >= 15 is 0 Å². The molecule has 0 radical (unpaired) electrons. The Balaban J connectivity index is 0.00000169. The highest BCUT2D eigenvalue weighted by atomic mass is 16.2. The average Bonchev–Trinajstić information content (AvgIpc) is 3.26. The number of nitrogens with zero attached hydrogens (tertiary/aromatic N) is 4. The van der Waals surface area contributed by atoms with Crippen molar-refractivity contribution in [1.82, 2.24) is 24.8 Å². The molecule has 0 aliphatic heterocycles. The van der Waals surface area contributed by atoms with Gasteiger partial charge in [-0.3, -0.25) is 4.79 Å². The Morgan fingerprint density at radius 1 is 1.38 bits per heavy atom. The lowest BCUT2D eigenvalue weighted by Gasteiger charge is -2.19. The third-order valence-electron chi connectivity index (χ3n) is 3.82. The first-order chi connectivity index (χ1) is 11.7. The number of nitrogens with one attached hydrogen (secondary N) is 2. The van der Waals surface area contributed by atoms with Crippen molar-refractivity contribution in [1.29, 1.82) is 5.26 Å². The summed E-state index contributed by atoms with van der Waals surface area (Å²) in [6, 6.07) is 5.80. The van der Waals surface area contributed by atoms with Gasteiger partial charge in [0, 0.05) is 39.3 Å². The number of rotatable bonds is 6. The quantitative estimate of drug-likeness (QED) is 0.726. The van der Waals surface area contributed by atoms with E-state index in [0.29, 0.717) is 25.2 Å². The molecule has 0 spiro atoms. The molecule has 0 atom stereocenters. The molecule has 24 heavy (non-hydrogen) atoms. The lowest BCUT2D eigenvalue weighted by molar-refractivity contribution is 0.0754. The molecule has 3 rings (SSSR count). The van der Waals surface area contributed by atoms with Crippen LogP contribution in [-0.4, -0.2) is 43.8 Å². The van der Waals surface area contributed by atoms with Crippen LogP contribution in [0.1, 0.15) is 33.1 Å². The van der Waals surface area contributed by atoms with Gasteiger partial charge >= 0.3 is 0 Å². The highest BCUT2D eigenvalue weighted by molar-refractivity contribution is 5.96. The van der Waals surface area contributed by atoms with Gasteiger partial charge in [-0.1, -0.05) is 6.92 Å². The topological polar surface area (TPSA) is 101 Å². The summed E-state index contributed by atoms with van der Waals surface area (Å²) in [6.45, 7) is 3.08. The van der Waals surface area contributed by atoms with Crippen LogP contribution in [0, 0.1) is 11.3 Å². The molecule has 1 amide bonds. The van der Waals surface area contributed by atoms with Gasteiger partial charge in [-0.05, 0) is 18.6 Å². The number of H-pyrrole nitrogens is 2. The van der Waals surface area contributed by atoms with Gasteiger partial charge in [-0.2, -0.15) is 5.26 Å². The lowest BCUT2D eigenvalue weighted by atomic mass is 10.1. The number of carbonyl (C=O) groups is 1. The van der Waals surface area contributed by atoms with Crippen LogP contribution in [0.5, 0.6) is 0 Å². The Bertz CT molecular complexity index is 898. The molecule has 0 aromatic carbocycles. The third-order valence-corrected chi connectivity index (χ3v) is 3.82. The normalized spacial score (nSPS) is 10.7. The Morgan fingerprint density at radius 3 is 3.04 bits per heavy atom. The molecule has 2 N–H and O–H groups in total. The number of hydrogen-bond donors (Lipinski definition) is 2. The second-order valence-electron chi connectivity index (χ2n) is 5.46. The van der Waals surface area contributed by atoms with Crippen molar-refractivity contribution in [2.45, 2.75) is 19.8 Å². The third kappa shape index (κ3) is 2.99. The van der Waals surface area contributed by atoms with E-state index < -0.39 is 0 Å². The Labute approximate surface area is 142 Å². The summed E-state index contributed by atoms with van der Waals surface area (Å²) in [7, 11) is 0. The molecular weight excluding hydrogens is 304 g/mol. The van der Waals surface area contributed by atoms with Crippen LogP contribution < -0.4 is 0 Å². The Kier molecular flexibility index (Phi) is 4.57. The number of nitriles is 1. The number of aromatic amines is 2. The van der Waals surface area contributed by atoms with Gasteiger partial charge in [-0.25, -0.2) is 9.97 Å². The lowest BCUT2D eigenvalue weighted by Crippen LogP contribution is -2.32. The van der Waals surface area contributed by atoms with Crippen LogP contribution in [0.25, 0.3) is 22.3 Å². The molecule has 3 heterocycles. The SMILES string of the molecule is CCCN(CCC#N)C(=O)c1cc(-c2ncnc3[nH]ccc23)c[nH]1.[HH].[HH]. The van der Waals surface area contributed by atoms with E-state index in [0.717, 1.165) is 28.7 Å². The Hall–Kier alpha value is -3.14. The zero-order valence-electron chi connectivity index (χ0n) is 13.4. The number of aromatic nitrogens is 4. The summed E-state index contributed by atoms with van der Waals surface area (Å²) in [6.07, 6.45) is 6.26. The fourth-order valence-electron chi connectivity index (χ4n) is 2.70. The first-order valence-electron chi connectivity index (χ1n) is 7.87. The van der Waals surface area contributed by atoms with E-state index in [2.05, 4.69) is 26.0 Å². The molecule has 0 aliphatic rings. The van der Waals surface area contributed by atoms with Crippen LogP contribution in [0.4, 0.5) is 0 Å². The highest BCUT2D eigenvalue weighted by Gasteiger charge is 2.18. The average molecular weight is 326 g/mol. The maximum Gasteiger partial charge on any atom is 0.270 e. The molecule has 0 saturated heterocycles. The summed E-state index contributed by atoms with van der Waals surface area (Å²) in [4.78, 5) is 28.9. The van der Waals surface area contributed by atoms with E-state index in [9.17, 15) is 4.79 Å². The molecule has 0 fully saturated rings. The van der Waals surface area contributed by atoms with Gasteiger partial charge < -0.3 is 14.9 Å². The van der Waals surface area contributed by atoms with Crippen molar-refractivity contribution < 1.29 is 7.65 Å². The second kappa shape index (κ2) is 6.96. The monoisotopic (exact) mass is 326 g/mol. The largest absolute Gasteiger partial charge is 0.357 e. The molecule has 0 bridgehead atoms. The number of amides is 1. The van der Waals surface area contributed by atoms with Gasteiger partial charge in [0.15, 0.2) is 0 Å². The van der Waals surface area contributed by atoms with Crippen LogP contribution in [0.2, 0.25) is 0 Å². The molecule has 0 aliphatic carbocycles. The van der Waals surface area contributed by atoms with Crippen molar-refractivity contribution in [3.05, 3.63) is 36.5 Å². The zero-order valence-corrected chi connectivity index (χ0v) is 13.4. The smallest absolute Gasteiger partial charge is 0.270 e. The summed E-state index contributed by atoms with van der Waals surface area (Å²) in [5, 5.41) is 9.66. The zero-order chi connectivity index (χ0) is 16.9. The summed E-state index contributed by atoms with van der Waals surface area (Å²) in [5.41, 5.74) is 2.87. The van der Waals surface area contributed by atoms with Crippen molar-refractivity contribution in [3.8, 4) is 17.3 Å². The van der Waals surface area contributed by atoms with Crippen molar-refractivity contribution in [2.24, 2.45) is 0 Å². The van der Waals surface area contributed by atoms with Gasteiger partial charge in [-0.15, -0.1) is 0 Å². The number of hydrogen-bond acceptors (Lipinski definition) is 4. The van der Waals surface area contributed by atoms with Crippen LogP contribution in [0.15, 0.2) is 30.9 Å². The molecule has 0 unspecified atom stereocenters. The van der Waals surface area contributed by atoms with E-state index in [1.807, 2.05) is 19.2 Å². The maximum absolute atomic E-state index is 12.6. The summed E-state index contributed by atoms with van der Waals surface area (Å²) in [5.74, 6) is -0.0993. The fourth-order valence-corrected chi connectivity index (χ4v) is 2.70. The van der Waals surface area contributed by atoms with Gasteiger partial charge in [0.25, 0.3) is 5.91 Å². The van der Waals surface area contributed by atoms with Crippen LogP contribution in [0.3, 0.4) is 0 Å².